The second kappa shape index (κ2) is 10.7. The second-order valence-electron chi connectivity index (χ2n) is 8.03. The maximum atomic E-state index is 12.7. The van der Waals surface area contributed by atoms with Crippen molar-refractivity contribution in [3.63, 3.8) is 0 Å². The number of aryl methyl sites for hydroxylation is 1. The number of tetrazole rings is 1. The molecule has 36 heavy (non-hydrogen) atoms. The van der Waals surface area contributed by atoms with Gasteiger partial charge in [-0.05, 0) is 45.7 Å². The Morgan fingerprint density at radius 3 is 2.31 bits per heavy atom. The van der Waals surface area contributed by atoms with Crippen LogP contribution in [0, 0.1) is 0 Å². The number of H-pyrrole nitrogens is 1. The number of aromatic amines is 1. The number of nitrogens with one attached hydrogen (secondary N) is 1. The van der Waals surface area contributed by atoms with Gasteiger partial charge in [0.2, 0.25) is 0 Å². The molecule has 0 aliphatic carbocycles. The zero-order valence-corrected chi connectivity index (χ0v) is 19.7. The second-order valence-corrected chi connectivity index (χ2v) is 8.03. The number of benzene rings is 3. The van der Waals surface area contributed by atoms with E-state index >= 15 is 0 Å². The molecule has 0 radical (unpaired) electrons. The molecule has 0 atom stereocenters. The Morgan fingerprint density at radius 2 is 1.58 bits per heavy atom. The maximum Gasteiger partial charge on any atom is 0.389 e. The van der Waals surface area contributed by atoms with E-state index in [1.165, 1.54) is 0 Å². The molecule has 0 unspecified atom stereocenters. The third kappa shape index (κ3) is 5.80. The Hall–Kier alpha value is -3.98. The van der Waals surface area contributed by atoms with Crippen LogP contribution in [0.25, 0.3) is 33.4 Å². The summed E-state index contributed by atoms with van der Waals surface area (Å²) in [6.07, 6.45) is -5.36. The summed E-state index contributed by atoms with van der Waals surface area (Å²) in [7, 11) is 0. The lowest BCUT2D eigenvalue weighted by Crippen LogP contribution is -2.09. The van der Waals surface area contributed by atoms with E-state index in [0.29, 0.717) is 22.8 Å². The molecule has 2 heterocycles. The molecule has 0 spiro atoms. The molecule has 2 aromatic heterocycles. The van der Waals surface area contributed by atoms with Crippen molar-refractivity contribution in [2.75, 3.05) is 0 Å². The van der Waals surface area contributed by atoms with Crippen molar-refractivity contribution in [2.24, 2.45) is 0 Å². The fraction of sp³-hybridized carbons (Fsp3) is 0.154. The molecule has 5 aromatic rings. The summed E-state index contributed by atoms with van der Waals surface area (Å²) in [5.74, 6) is 1.10. The SMILES string of the molecule is Cl.FC(F)(F)CCc1cc(OCc2ccc(-c3ccccc3-c3nnn[nH]3)cc2)c2ccccc2n1. The number of para-hydroxylation sites is 1. The van der Waals surface area contributed by atoms with Gasteiger partial charge in [0.25, 0.3) is 0 Å². The minimum atomic E-state index is -4.24. The van der Waals surface area contributed by atoms with Gasteiger partial charge in [0.05, 0.1) is 5.52 Å². The van der Waals surface area contributed by atoms with Crippen molar-refractivity contribution in [3.05, 3.63) is 90.1 Å². The van der Waals surface area contributed by atoms with Crippen LogP contribution in [0.3, 0.4) is 0 Å². The van der Waals surface area contributed by atoms with Crippen molar-refractivity contribution in [3.8, 4) is 28.3 Å². The quantitative estimate of drug-likeness (QED) is 0.267. The Balaban J connectivity index is 0.00000304. The van der Waals surface area contributed by atoms with Gasteiger partial charge in [-0.1, -0.05) is 60.7 Å². The summed E-state index contributed by atoms with van der Waals surface area (Å²) < 4.78 is 44.2. The zero-order chi connectivity index (χ0) is 24.3. The van der Waals surface area contributed by atoms with Gasteiger partial charge >= 0.3 is 6.18 Å². The van der Waals surface area contributed by atoms with Crippen LogP contribution in [0.2, 0.25) is 0 Å². The molecule has 5 rings (SSSR count). The summed E-state index contributed by atoms with van der Waals surface area (Å²) in [4.78, 5) is 4.37. The average Bonchev–Trinajstić information content (AvgIpc) is 3.41. The number of aromatic nitrogens is 5. The van der Waals surface area contributed by atoms with Crippen molar-refractivity contribution in [2.45, 2.75) is 25.6 Å². The number of rotatable bonds is 7. The van der Waals surface area contributed by atoms with Gasteiger partial charge in [0, 0.05) is 29.1 Å². The molecule has 3 aromatic carbocycles. The lowest BCUT2D eigenvalue weighted by atomic mass is 9.98. The van der Waals surface area contributed by atoms with Gasteiger partial charge in [-0.15, -0.1) is 17.5 Å². The van der Waals surface area contributed by atoms with E-state index < -0.39 is 12.6 Å². The molecule has 1 N–H and O–H groups in total. The van der Waals surface area contributed by atoms with E-state index in [1.807, 2.05) is 60.7 Å². The van der Waals surface area contributed by atoms with Crippen LogP contribution >= 0.6 is 12.4 Å². The molecule has 0 bridgehead atoms. The lowest BCUT2D eigenvalue weighted by Gasteiger charge is -2.13. The minimum Gasteiger partial charge on any atom is -0.488 e. The first-order valence-electron chi connectivity index (χ1n) is 11.0. The Morgan fingerprint density at radius 1 is 0.861 bits per heavy atom. The molecule has 6 nitrogen and oxygen atoms in total. The Bertz CT molecular complexity index is 1440. The molecule has 0 saturated carbocycles. The Labute approximate surface area is 211 Å². The van der Waals surface area contributed by atoms with Crippen LogP contribution in [0.5, 0.6) is 5.75 Å². The van der Waals surface area contributed by atoms with Crippen LogP contribution in [0.15, 0.2) is 78.9 Å². The third-order valence-electron chi connectivity index (χ3n) is 5.58. The first kappa shape index (κ1) is 25.1. The molecule has 0 amide bonds. The molecule has 0 saturated heterocycles. The third-order valence-corrected chi connectivity index (χ3v) is 5.58. The van der Waals surface area contributed by atoms with Crippen molar-refractivity contribution in [1.82, 2.24) is 25.6 Å². The number of nitrogens with zero attached hydrogens (tertiary/aromatic N) is 4. The fourth-order valence-corrected chi connectivity index (χ4v) is 3.87. The van der Waals surface area contributed by atoms with Crippen LogP contribution in [0.1, 0.15) is 17.7 Å². The summed E-state index contributed by atoms with van der Waals surface area (Å²) in [6.45, 7) is 0.265. The highest BCUT2D eigenvalue weighted by atomic mass is 35.5. The van der Waals surface area contributed by atoms with Crippen LogP contribution in [-0.4, -0.2) is 31.8 Å². The van der Waals surface area contributed by atoms with E-state index in [2.05, 4.69) is 25.6 Å². The number of hydrogen-bond donors (Lipinski definition) is 1. The molecular formula is C26H21ClF3N5O. The highest BCUT2D eigenvalue weighted by molar-refractivity contribution is 5.86. The predicted octanol–water partition coefficient (Wildman–Crippen LogP) is 6.58. The smallest absolute Gasteiger partial charge is 0.389 e. The molecule has 0 aliphatic heterocycles. The van der Waals surface area contributed by atoms with Gasteiger partial charge in [0.15, 0.2) is 5.82 Å². The van der Waals surface area contributed by atoms with E-state index in [4.69, 9.17) is 4.74 Å². The highest BCUT2D eigenvalue weighted by Crippen LogP contribution is 2.31. The van der Waals surface area contributed by atoms with Crippen LogP contribution in [0.4, 0.5) is 13.2 Å². The number of fused-ring (bicyclic) bond motifs is 1. The molecule has 184 valence electrons. The first-order chi connectivity index (χ1) is 17.0. The normalized spacial score (nSPS) is 11.3. The van der Waals surface area contributed by atoms with Gasteiger partial charge in [-0.2, -0.15) is 13.2 Å². The van der Waals surface area contributed by atoms with E-state index in [9.17, 15) is 13.2 Å². The number of pyridine rings is 1. The zero-order valence-electron chi connectivity index (χ0n) is 18.9. The van der Waals surface area contributed by atoms with Crippen molar-refractivity contribution in [1.29, 1.82) is 0 Å². The summed E-state index contributed by atoms with van der Waals surface area (Å²) in [6, 6.07) is 24.6. The number of ether oxygens (including phenoxy) is 1. The largest absolute Gasteiger partial charge is 0.488 e. The highest BCUT2D eigenvalue weighted by Gasteiger charge is 2.27. The van der Waals surface area contributed by atoms with Crippen LogP contribution in [-0.2, 0) is 13.0 Å². The van der Waals surface area contributed by atoms with Gasteiger partial charge in [0.1, 0.15) is 12.4 Å². The monoisotopic (exact) mass is 511 g/mol. The van der Waals surface area contributed by atoms with E-state index in [1.54, 1.807) is 18.2 Å². The average molecular weight is 512 g/mol. The van der Waals surface area contributed by atoms with Gasteiger partial charge < -0.3 is 4.74 Å². The molecule has 0 fully saturated rings. The van der Waals surface area contributed by atoms with E-state index in [0.717, 1.165) is 27.6 Å². The maximum absolute atomic E-state index is 12.7. The van der Waals surface area contributed by atoms with Crippen molar-refractivity contribution >= 4 is 23.3 Å². The Kier molecular flexibility index (Phi) is 7.49. The van der Waals surface area contributed by atoms with Crippen LogP contribution < -0.4 is 4.74 Å². The number of alkyl halides is 3. The molecule has 10 heteroatoms. The summed E-state index contributed by atoms with van der Waals surface area (Å²) in [5, 5.41) is 14.9. The van der Waals surface area contributed by atoms with Gasteiger partial charge in [-0.25, -0.2) is 5.10 Å². The first-order valence-corrected chi connectivity index (χ1v) is 11.0. The van der Waals surface area contributed by atoms with Gasteiger partial charge in [-0.3, -0.25) is 4.98 Å². The predicted molar refractivity (Wildman–Crippen MR) is 133 cm³/mol. The standard InChI is InChI=1S/C26H20F3N5O.ClH/c27-26(28,29)14-13-19-15-24(22-7-3-4-8-23(22)30-19)35-16-17-9-11-18(12-10-17)20-5-1-2-6-21(20)25-31-33-34-32-25;/h1-12,15H,13-14,16H2,(H,31,32,33,34);1H. The number of halogens is 4. The minimum absolute atomic E-state index is 0. The summed E-state index contributed by atoms with van der Waals surface area (Å²) in [5.41, 5.74) is 4.74. The topological polar surface area (TPSA) is 76.6 Å². The molecule has 0 aliphatic rings. The lowest BCUT2D eigenvalue weighted by molar-refractivity contribution is -0.134. The summed E-state index contributed by atoms with van der Waals surface area (Å²) >= 11 is 0. The molecular weight excluding hydrogens is 491 g/mol. The number of hydrogen-bond acceptors (Lipinski definition) is 5. The van der Waals surface area contributed by atoms with E-state index in [-0.39, 0.29) is 25.4 Å². The fourth-order valence-electron chi connectivity index (χ4n) is 3.87. The van der Waals surface area contributed by atoms with Crippen molar-refractivity contribution < 1.29 is 17.9 Å².